The molecular formula is C25H33N3O5S. The lowest BCUT2D eigenvalue weighted by Gasteiger charge is -2.31. The molecule has 2 aromatic rings. The zero-order valence-corrected chi connectivity index (χ0v) is 20.7. The maximum absolute atomic E-state index is 13.2. The summed E-state index contributed by atoms with van der Waals surface area (Å²) in [5.41, 5.74) is 2.71. The number of hydrogen-bond donors (Lipinski definition) is 0. The molecule has 0 N–H and O–H groups in total. The van der Waals surface area contributed by atoms with Gasteiger partial charge in [0.25, 0.3) is 5.91 Å². The van der Waals surface area contributed by atoms with Crippen LogP contribution in [0.5, 0.6) is 0 Å². The minimum absolute atomic E-state index is 0.00651. The van der Waals surface area contributed by atoms with Crippen LogP contribution in [0.25, 0.3) is 0 Å². The van der Waals surface area contributed by atoms with Crippen LogP contribution in [0.3, 0.4) is 0 Å². The van der Waals surface area contributed by atoms with Crippen molar-refractivity contribution in [1.82, 2.24) is 9.88 Å². The molecule has 0 aliphatic carbocycles. The van der Waals surface area contributed by atoms with Gasteiger partial charge < -0.3 is 24.0 Å². The second-order valence-corrected chi connectivity index (χ2v) is 9.63. The number of carbonyl (C=O) groups excluding carboxylic acids is 2. The molecule has 9 heteroatoms. The molecule has 34 heavy (non-hydrogen) atoms. The zero-order chi connectivity index (χ0) is 23.9. The highest BCUT2D eigenvalue weighted by atomic mass is 32.1. The van der Waals surface area contributed by atoms with Crippen LogP contribution in [0.1, 0.15) is 46.7 Å². The van der Waals surface area contributed by atoms with E-state index in [9.17, 15) is 9.59 Å². The van der Waals surface area contributed by atoms with Crippen LogP contribution in [0.2, 0.25) is 0 Å². The molecule has 2 aliphatic rings. The largest absolute Gasteiger partial charge is 0.382 e. The first-order valence-electron chi connectivity index (χ1n) is 11.9. The summed E-state index contributed by atoms with van der Waals surface area (Å²) >= 11 is 1.55. The molecule has 2 aliphatic heterocycles. The number of ether oxygens (including phenoxy) is 3. The number of para-hydroxylation sites is 1. The third-order valence-electron chi connectivity index (χ3n) is 6.39. The Morgan fingerprint density at radius 2 is 1.82 bits per heavy atom. The van der Waals surface area contributed by atoms with E-state index in [1.807, 2.05) is 33.4 Å². The van der Waals surface area contributed by atoms with E-state index in [0.717, 1.165) is 30.0 Å². The molecule has 2 amide bonds. The van der Waals surface area contributed by atoms with Crippen molar-refractivity contribution in [2.45, 2.75) is 38.1 Å². The number of rotatable bonds is 10. The lowest BCUT2D eigenvalue weighted by Crippen LogP contribution is -2.40. The molecule has 1 fully saturated rings. The standard InChI is InChI=1S/C25H33N3O5S/c1-18-15-20-5-3-4-6-22(20)28(18)25(30)21-17-34-24(26-21)19-7-9-27(10-8-19)23(29)16-33-14-13-32-12-11-31-2/h3-6,17-19H,7-16H2,1-2H3. The SMILES string of the molecule is COCCOCCOCC(=O)N1CCC(c2nc(C(=O)N3c4ccccc4CC3C)cs2)CC1. The molecule has 1 saturated heterocycles. The van der Waals surface area contributed by atoms with Gasteiger partial charge in [-0.1, -0.05) is 18.2 Å². The number of nitrogens with zero attached hydrogens (tertiary/aromatic N) is 3. The summed E-state index contributed by atoms with van der Waals surface area (Å²) in [6, 6.07) is 8.21. The normalized spacial score (nSPS) is 18.4. The van der Waals surface area contributed by atoms with Gasteiger partial charge in [-0.15, -0.1) is 11.3 Å². The number of carbonyl (C=O) groups is 2. The predicted molar refractivity (Wildman–Crippen MR) is 131 cm³/mol. The first-order chi connectivity index (χ1) is 16.6. The van der Waals surface area contributed by atoms with Crippen LogP contribution in [-0.2, 0) is 25.4 Å². The Balaban J connectivity index is 1.24. The molecular weight excluding hydrogens is 454 g/mol. The molecule has 1 unspecified atom stereocenters. The number of hydrogen-bond acceptors (Lipinski definition) is 7. The van der Waals surface area contributed by atoms with E-state index in [-0.39, 0.29) is 30.4 Å². The summed E-state index contributed by atoms with van der Waals surface area (Å²) in [5, 5.41) is 2.87. The molecule has 3 heterocycles. The summed E-state index contributed by atoms with van der Waals surface area (Å²) in [7, 11) is 1.63. The van der Waals surface area contributed by atoms with Gasteiger partial charge in [0.05, 0.1) is 31.4 Å². The van der Waals surface area contributed by atoms with E-state index in [2.05, 4.69) is 13.0 Å². The summed E-state index contributed by atoms with van der Waals surface area (Å²) < 4.78 is 15.7. The lowest BCUT2D eigenvalue weighted by molar-refractivity contribution is -0.137. The Morgan fingerprint density at radius 1 is 1.09 bits per heavy atom. The average molecular weight is 488 g/mol. The van der Waals surface area contributed by atoms with Gasteiger partial charge in [0.1, 0.15) is 12.3 Å². The molecule has 0 spiro atoms. The predicted octanol–water partition coefficient (Wildman–Crippen LogP) is 3.12. The number of methoxy groups -OCH3 is 1. The molecule has 1 aromatic carbocycles. The summed E-state index contributed by atoms with van der Waals surface area (Å²) in [5.74, 6) is 0.247. The maximum atomic E-state index is 13.2. The summed E-state index contributed by atoms with van der Waals surface area (Å²) in [6.07, 6.45) is 2.56. The van der Waals surface area contributed by atoms with Gasteiger partial charge >= 0.3 is 0 Å². The Bertz CT molecular complexity index is 973. The van der Waals surface area contributed by atoms with Crippen LogP contribution in [0, 0.1) is 0 Å². The number of likely N-dealkylation sites (tertiary alicyclic amines) is 1. The number of fused-ring (bicyclic) bond motifs is 1. The molecule has 0 saturated carbocycles. The topological polar surface area (TPSA) is 81.2 Å². The van der Waals surface area contributed by atoms with Crippen molar-refractivity contribution in [3.8, 4) is 0 Å². The second-order valence-electron chi connectivity index (χ2n) is 8.74. The highest BCUT2D eigenvalue weighted by Gasteiger charge is 2.33. The summed E-state index contributed by atoms with van der Waals surface area (Å²) in [4.78, 5) is 34.1. The molecule has 0 radical (unpaired) electrons. The van der Waals surface area contributed by atoms with E-state index in [1.165, 1.54) is 5.56 Å². The van der Waals surface area contributed by atoms with Crippen LogP contribution >= 0.6 is 11.3 Å². The molecule has 4 rings (SSSR count). The minimum Gasteiger partial charge on any atom is -0.382 e. The van der Waals surface area contributed by atoms with Crippen molar-refractivity contribution in [3.05, 3.63) is 45.9 Å². The van der Waals surface area contributed by atoms with Gasteiger partial charge in [0, 0.05) is 43.2 Å². The third-order valence-corrected chi connectivity index (χ3v) is 7.40. The third kappa shape index (κ3) is 5.83. The van der Waals surface area contributed by atoms with Crippen molar-refractivity contribution < 1.29 is 23.8 Å². The zero-order valence-electron chi connectivity index (χ0n) is 19.9. The van der Waals surface area contributed by atoms with Gasteiger partial charge in [0.15, 0.2) is 0 Å². The first-order valence-corrected chi connectivity index (χ1v) is 12.8. The Kier molecular flexibility index (Phi) is 8.66. The fourth-order valence-electron chi connectivity index (χ4n) is 4.56. The van der Waals surface area contributed by atoms with Crippen molar-refractivity contribution in [3.63, 3.8) is 0 Å². The smallest absolute Gasteiger partial charge is 0.278 e. The monoisotopic (exact) mass is 487 g/mol. The van der Waals surface area contributed by atoms with Crippen LogP contribution in [-0.4, -0.2) is 81.0 Å². The van der Waals surface area contributed by atoms with E-state index >= 15 is 0 Å². The molecule has 8 nitrogen and oxygen atoms in total. The average Bonchev–Trinajstić information content (AvgIpc) is 3.47. The number of thiazole rings is 1. The van der Waals surface area contributed by atoms with E-state index in [4.69, 9.17) is 19.2 Å². The van der Waals surface area contributed by atoms with Gasteiger partial charge in [-0.05, 0) is 37.8 Å². The quantitative estimate of drug-likeness (QED) is 0.479. The van der Waals surface area contributed by atoms with Crippen molar-refractivity contribution in [2.75, 3.05) is 58.1 Å². The van der Waals surface area contributed by atoms with E-state index < -0.39 is 0 Å². The van der Waals surface area contributed by atoms with Crippen molar-refractivity contribution >= 4 is 28.8 Å². The van der Waals surface area contributed by atoms with Crippen molar-refractivity contribution in [1.29, 1.82) is 0 Å². The molecule has 1 atom stereocenters. The minimum atomic E-state index is -0.0316. The number of amides is 2. The fraction of sp³-hybridized carbons (Fsp3) is 0.560. The Labute approximate surface area is 204 Å². The number of piperidine rings is 1. The summed E-state index contributed by atoms with van der Waals surface area (Å²) in [6.45, 7) is 5.42. The van der Waals surface area contributed by atoms with Crippen LogP contribution < -0.4 is 4.90 Å². The van der Waals surface area contributed by atoms with Crippen LogP contribution in [0.15, 0.2) is 29.6 Å². The number of benzene rings is 1. The first kappa shape index (κ1) is 24.8. The Morgan fingerprint density at radius 3 is 2.62 bits per heavy atom. The highest BCUT2D eigenvalue weighted by Crippen LogP contribution is 2.35. The Hall–Kier alpha value is -2.33. The van der Waals surface area contributed by atoms with Gasteiger partial charge in [0.2, 0.25) is 5.91 Å². The van der Waals surface area contributed by atoms with Crippen molar-refractivity contribution in [2.24, 2.45) is 0 Å². The van der Waals surface area contributed by atoms with E-state index in [0.29, 0.717) is 45.2 Å². The molecule has 1 aromatic heterocycles. The van der Waals surface area contributed by atoms with Gasteiger partial charge in [-0.3, -0.25) is 9.59 Å². The van der Waals surface area contributed by atoms with E-state index in [1.54, 1.807) is 18.4 Å². The van der Waals surface area contributed by atoms with Crippen LogP contribution in [0.4, 0.5) is 5.69 Å². The highest BCUT2D eigenvalue weighted by molar-refractivity contribution is 7.10. The van der Waals surface area contributed by atoms with Gasteiger partial charge in [-0.25, -0.2) is 4.98 Å². The molecule has 0 bridgehead atoms. The maximum Gasteiger partial charge on any atom is 0.278 e. The van der Waals surface area contributed by atoms with Gasteiger partial charge in [-0.2, -0.15) is 0 Å². The lowest BCUT2D eigenvalue weighted by atomic mass is 9.97. The second kappa shape index (κ2) is 11.9. The number of aromatic nitrogens is 1. The molecule has 184 valence electrons. The number of anilines is 1. The fourth-order valence-corrected chi connectivity index (χ4v) is 5.53.